The van der Waals surface area contributed by atoms with Crippen LogP contribution in [0.3, 0.4) is 0 Å². The molecule has 2 atom stereocenters. The van der Waals surface area contributed by atoms with Gasteiger partial charge in [0.2, 0.25) is 0 Å². The first-order valence-corrected chi connectivity index (χ1v) is 8.21. The molecule has 1 fully saturated rings. The van der Waals surface area contributed by atoms with Gasteiger partial charge in [0.15, 0.2) is 0 Å². The SMILES string of the molecule is COCCNCc1ccc(N2CC(C)CC(C)C2)c(Cl)c1. The van der Waals surface area contributed by atoms with E-state index >= 15 is 0 Å². The van der Waals surface area contributed by atoms with Crippen LogP contribution in [0.5, 0.6) is 0 Å². The maximum absolute atomic E-state index is 6.50. The molecule has 0 aliphatic carbocycles. The van der Waals surface area contributed by atoms with Gasteiger partial charge in [-0.25, -0.2) is 0 Å². The Hall–Kier alpha value is -0.770. The van der Waals surface area contributed by atoms with Crippen LogP contribution >= 0.6 is 11.6 Å². The summed E-state index contributed by atoms with van der Waals surface area (Å²) in [7, 11) is 1.72. The molecule has 4 heteroatoms. The zero-order valence-corrected chi connectivity index (χ0v) is 14.1. The van der Waals surface area contributed by atoms with Crippen molar-refractivity contribution in [3.63, 3.8) is 0 Å². The smallest absolute Gasteiger partial charge is 0.0642 e. The Morgan fingerprint density at radius 2 is 2.00 bits per heavy atom. The molecule has 3 nitrogen and oxygen atoms in total. The molecule has 1 N–H and O–H groups in total. The standard InChI is InChI=1S/C17H27ClN2O/c1-13-8-14(2)12-20(11-13)17-5-4-15(9-16(17)18)10-19-6-7-21-3/h4-5,9,13-14,19H,6-8,10-12H2,1-3H3. The van der Waals surface area contributed by atoms with E-state index in [0.29, 0.717) is 0 Å². The molecular weight excluding hydrogens is 284 g/mol. The van der Waals surface area contributed by atoms with Gasteiger partial charge in [0, 0.05) is 33.3 Å². The number of benzene rings is 1. The zero-order chi connectivity index (χ0) is 15.2. The number of halogens is 1. The number of hydrogen-bond acceptors (Lipinski definition) is 3. The summed E-state index contributed by atoms with van der Waals surface area (Å²) in [5.74, 6) is 1.47. The Kier molecular flexibility index (Phi) is 6.34. The van der Waals surface area contributed by atoms with Gasteiger partial charge in [-0.1, -0.05) is 31.5 Å². The number of rotatable bonds is 6. The minimum absolute atomic E-state index is 0.732. The minimum atomic E-state index is 0.732. The number of ether oxygens (including phenoxy) is 1. The quantitative estimate of drug-likeness (QED) is 0.813. The first kappa shape index (κ1) is 16.6. The molecule has 21 heavy (non-hydrogen) atoms. The van der Waals surface area contributed by atoms with Crippen LogP contribution in [-0.4, -0.2) is 33.4 Å². The Morgan fingerprint density at radius 1 is 1.29 bits per heavy atom. The molecule has 0 amide bonds. The summed E-state index contributed by atoms with van der Waals surface area (Å²) in [6.45, 7) is 9.28. The van der Waals surface area contributed by atoms with Crippen LogP contribution < -0.4 is 10.2 Å². The normalized spacial score (nSPS) is 22.6. The number of nitrogens with zero attached hydrogens (tertiary/aromatic N) is 1. The van der Waals surface area contributed by atoms with E-state index in [1.807, 2.05) is 0 Å². The topological polar surface area (TPSA) is 24.5 Å². The van der Waals surface area contributed by atoms with Crippen molar-refractivity contribution in [2.24, 2.45) is 11.8 Å². The number of anilines is 1. The fraction of sp³-hybridized carbons (Fsp3) is 0.647. The van der Waals surface area contributed by atoms with Gasteiger partial charge < -0.3 is 15.0 Å². The second-order valence-corrected chi connectivity index (χ2v) is 6.71. The van der Waals surface area contributed by atoms with Crippen molar-refractivity contribution in [3.8, 4) is 0 Å². The average molecular weight is 311 g/mol. The van der Waals surface area contributed by atoms with Crippen molar-refractivity contribution in [1.82, 2.24) is 5.32 Å². The van der Waals surface area contributed by atoms with Gasteiger partial charge >= 0.3 is 0 Å². The van der Waals surface area contributed by atoms with Crippen molar-refractivity contribution >= 4 is 17.3 Å². The molecule has 2 rings (SSSR count). The molecule has 0 spiro atoms. The average Bonchev–Trinajstić information content (AvgIpc) is 2.42. The van der Waals surface area contributed by atoms with Crippen molar-refractivity contribution in [3.05, 3.63) is 28.8 Å². The third-order valence-corrected chi connectivity index (χ3v) is 4.34. The Labute approximate surface area is 133 Å². The van der Waals surface area contributed by atoms with E-state index < -0.39 is 0 Å². The van der Waals surface area contributed by atoms with Gasteiger partial charge in [-0.2, -0.15) is 0 Å². The molecule has 1 heterocycles. The molecule has 1 aliphatic heterocycles. The lowest BCUT2D eigenvalue weighted by Crippen LogP contribution is -2.38. The van der Waals surface area contributed by atoms with Crippen molar-refractivity contribution in [2.45, 2.75) is 26.8 Å². The highest BCUT2D eigenvalue weighted by Gasteiger charge is 2.23. The number of piperidine rings is 1. The second kappa shape index (κ2) is 8.02. The van der Waals surface area contributed by atoms with Crippen LogP contribution in [0, 0.1) is 11.8 Å². The summed E-state index contributed by atoms with van der Waals surface area (Å²) < 4.78 is 5.03. The summed E-state index contributed by atoms with van der Waals surface area (Å²) in [5, 5.41) is 4.21. The van der Waals surface area contributed by atoms with E-state index in [1.165, 1.54) is 17.7 Å². The number of methoxy groups -OCH3 is 1. The zero-order valence-electron chi connectivity index (χ0n) is 13.4. The highest BCUT2D eigenvalue weighted by Crippen LogP contribution is 2.32. The second-order valence-electron chi connectivity index (χ2n) is 6.31. The molecule has 0 saturated carbocycles. The number of nitrogens with one attached hydrogen (secondary N) is 1. The third-order valence-electron chi connectivity index (χ3n) is 4.03. The van der Waals surface area contributed by atoms with Gasteiger partial charge in [-0.05, 0) is 36.0 Å². The summed E-state index contributed by atoms with van der Waals surface area (Å²) in [6.07, 6.45) is 1.32. The number of hydrogen-bond donors (Lipinski definition) is 1. The largest absolute Gasteiger partial charge is 0.383 e. The summed E-state index contributed by atoms with van der Waals surface area (Å²) in [5.41, 5.74) is 2.40. The van der Waals surface area contributed by atoms with Gasteiger partial charge in [0.05, 0.1) is 17.3 Å². The molecule has 1 aromatic rings. The Morgan fingerprint density at radius 3 is 2.62 bits per heavy atom. The van der Waals surface area contributed by atoms with Crippen LogP contribution in [-0.2, 0) is 11.3 Å². The van der Waals surface area contributed by atoms with Crippen LogP contribution in [0.2, 0.25) is 5.02 Å². The predicted molar refractivity (Wildman–Crippen MR) is 90.2 cm³/mol. The van der Waals surface area contributed by atoms with E-state index in [4.69, 9.17) is 16.3 Å². The lowest BCUT2D eigenvalue weighted by atomic mass is 9.91. The van der Waals surface area contributed by atoms with Crippen LogP contribution in [0.15, 0.2) is 18.2 Å². The monoisotopic (exact) mass is 310 g/mol. The predicted octanol–water partition coefficient (Wildman–Crippen LogP) is 3.56. The van der Waals surface area contributed by atoms with Crippen molar-refractivity contribution < 1.29 is 4.74 Å². The van der Waals surface area contributed by atoms with Crippen molar-refractivity contribution in [2.75, 3.05) is 38.3 Å². The van der Waals surface area contributed by atoms with E-state index in [0.717, 1.165) is 49.6 Å². The van der Waals surface area contributed by atoms with Crippen LogP contribution in [0.25, 0.3) is 0 Å². The van der Waals surface area contributed by atoms with E-state index in [-0.39, 0.29) is 0 Å². The van der Waals surface area contributed by atoms with E-state index in [2.05, 4.69) is 42.3 Å². The first-order valence-electron chi connectivity index (χ1n) is 7.83. The Bertz CT molecular complexity index is 442. The fourth-order valence-electron chi connectivity index (χ4n) is 3.18. The molecule has 1 saturated heterocycles. The highest BCUT2D eigenvalue weighted by atomic mass is 35.5. The Balaban J connectivity index is 1.98. The molecule has 1 aliphatic rings. The van der Waals surface area contributed by atoms with Gasteiger partial charge in [-0.15, -0.1) is 0 Å². The maximum atomic E-state index is 6.50. The van der Waals surface area contributed by atoms with E-state index in [9.17, 15) is 0 Å². The minimum Gasteiger partial charge on any atom is -0.383 e. The maximum Gasteiger partial charge on any atom is 0.0642 e. The van der Waals surface area contributed by atoms with E-state index in [1.54, 1.807) is 7.11 Å². The highest BCUT2D eigenvalue weighted by molar-refractivity contribution is 6.33. The van der Waals surface area contributed by atoms with Gasteiger partial charge in [0.1, 0.15) is 0 Å². The third kappa shape index (κ3) is 4.87. The molecule has 1 aromatic carbocycles. The molecule has 0 radical (unpaired) electrons. The lowest BCUT2D eigenvalue weighted by molar-refractivity contribution is 0.199. The van der Waals surface area contributed by atoms with Crippen molar-refractivity contribution in [1.29, 1.82) is 0 Å². The summed E-state index contributed by atoms with van der Waals surface area (Å²) in [4.78, 5) is 2.43. The van der Waals surface area contributed by atoms with Gasteiger partial charge in [0.25, 0.3) is 0 Å². The summed E-state index contributed by atoms with van der Waals surface area (Å²) in [6, 6.07) is 6.42. The molecule has 118 valence electrons. The molecular formula is C17H27ClN2O. The fourth-order valence-corrected chi connectivity index (χ4v) is 3.51. The lowest BCUT2D eigenvalue weighted by Gasteiger charge is -2.37. The van der Waals surface area contributed by atoms with Gasteiger partial charge in [-0.3, -0.25) is 0 Å². The molecule has 2 unspecified atom stereocenters. The molecule has 0 bridgehead atoms. The summed E-state index contributed by atoms with van der Waals surface area (Å²) >= 11 is 6.50. The first-order chi connectivity index (χ1) is 10.1. The van der Waals surface area contributed by atoms with Crippen LogP contribution in [0.4, 0.5) is 5.69 Å². The van der Waals surface area contributed by atoms with Crippen LogP contribution in [0.1, 0.15) is 25.8 Å². The molecule has 0 aromatic heterocycles.